The topological polar surface area (TPSA) is 42.3 Å². The van der Waals surface area contributed by atoms with Gasteiger partial charge in [0.2, 0.25) is 5.91 Å². The lowest BCUT2D eigenvalue weighted by atomic mass is 10.0. The zero-order valence-corrected chi connectivity index (χ0v) is 18.0. The zero-order valence-electron chi connectivity index (χ0n) is 17.2. The lowest BCUT2D eigenvalue weighted by Gasteiger charge is -2.23. The van der Waals surface area contributed by atoms with Gasteiger partial charge < -0.3 is 9.47 Å². The Morgan fingerprint density at radius 1 is 1.03 bits per heavy atom. The molecule has 5 heteroatoms. The number of fused-ring (bicyclic) bond motifs is 1. The van der Waals surface area contributed by atoms with Gasteiger partial charge in [-0.2, -0.15) is 0 Å². The summed E-state index contributed by atoms with van der Waals surface area (Å²) in [5.41, 5.74) is 3.17. The molecule has 0 aliphatic carbocycles. The predicted octanol–water partition coefficient (Wildman–Crippen LogP) is 5.28. The molecular formula is C24H27ClN2O2. The van der Waals surface area contributed by atoms with E-state index in [4.69, 9.17) is 11.6 Å². The van der Waals surface area contributed by atoms with Crippen LogP contribution in [0.25, 0.3) is 22.0 Å². The number of nitrogens with zero attached hydrogens (tertiary/aromatic N) is 2. The molecule has 1 amide bonds. The molecule has 29 heavy (non-hydrogen) atoms. The van der Waals surface area contributed by atoms with Crippen molar-refractivity contribution in [2.75, 3.05) is 13.1 Å². The van der Waals surface area contributed by atoms with Crippen LogP contribution in [-0.2, 0) is 11.3 Å². The van der Waals surface area contributed by atoms with Crippen molar-refractivity contribution in [3.8, 4) is 11.1 Å². The molecule has 152 valence electrons. The van der Waals surface area contributed by atoms with Crippen molar-refractivity contribution in [3.63, 3.8) is 0 Å². The summed E-state index contributed by atoms with van der Waals surface area (Å²) in [6, 6.07) is 13.0. The van der Waals surface area contributed by atoms with Gasteiger partial charge in [-0.25, -0.2) is 0 Å². The molecule has 0 unspecified atom stereocenters. The van der Waals surface area contributed by atoms with E-state index in [2.05, 4.69) is 13.8 Å². The Balaban J connectivity index is 2.13. The Hall–Kier alpha value is -2.59. The van der Waals surface area contributed by atoms with Gasteiger partial charge in [-0.3, -0.25) is 9.59 Å². The molecule has 3 aromatic rings. The van der Waals surface area contributed by atoms with Gasteiger partial charge in [0.25, 0.3) is 0 Å². The van der Waals surface area contributed by atoms with Crippen molar-refractivity contribution in [1.29, 1.82) is 0 Å². The number of amides is 1. The summed E-state index contributed by atoms with van der Waals surface area (Å²) >= 11 is 6.01. The van der Waals surface area contributed by atoms with Crippen LogP contribution in [0.4, 0.5) is 0 Å². The minimum absolute atomic E-state index is 0.0370. The highest BCUT2D eigenvalue weighted by atomic mass is 35.5. The van der Waals surface area contributed by atoms with Crippen molar-refractivity contribution in [3.05, 3.63) is 69.5 Å². The Bertz CT molecular complexity index is 1060. The fourth-order valence-electron chi connectivity index (χ4n) is 3.61. The number of pyridine rings is 1. The van der Waals surface area contributed by atoms with E-state index in [1.807, 2.05) is 46.7 Å². The van der Waals surface area contributed by atoms with Crippen LogP contribution in [-0.4, -0.2) is 28.5 Å². The molecule has 0 saturated carbocycles. The largest absolute Gasteiger partial charge is 0.341 e. The molecule has 3 rings (SSSR count). The lowest BCUT2D eigenvalue weighted by Crippen LogP contribution is -2.35. The first-order valence-corrected chi connectivity index (χ1v) is 10.5. The molecule has 0 saturated heterocycles. The molecule has 2 aromatic carbocycles. The average molecular weight is 411 g/mol. The third-order valence-electron chi connectivity index (χ3n) is 5.04. The molecule has 0 aliphatic heterocycles. The second-order valence-corrected chi connectivity index (χ2v) is 7.84. The van der Waals surface area contributed by atoms with E-state index in [9.17, 15) is 9.59 Å². The van der Waals surface area contributed by atoms with Crippen LogP contribution in [0.15, 0.2) is 53.5 Å². The number of rotatable bonds is 7. The van der Waals surface area contributed by atoms with Gasteiger partial charge in [0.1, 0.15) is 6.54 Å². The second-order valence-electron chi connectivity index (χ2n) is 7.41. The minimum atomic E-state index is -0.0370. The summed E-state index contributed by atoms with van der Waals surface area (Å²) in [6.07, 6.45) is 3.65. The normalized spacial score (nSPS) is 11.0. The summed E-state index contributed by atoms with van der Waals surface area (Å²) in [5.74, 6) is 0.0715. The Kier molecular flexibility index (Phi) is 6.75. The first kappa shape index (κ1) is 21.1. The van der Waals surface area contributed by atoms with Gasteiger partial charge in [-0.05, 0) is 55.2 Å². The zero-order chi connectivity index (χ0) is 21.0. The number of aromatic nitrogens is 1. The van der Waals surface area contributed by atoms with Gasteiger partial charge in [0, 0.05) is 35.3 Å². The van der Waals surface area contributed by atoms with Crippen molar-refractivity contribution in [1.82, 2.24) is 9.47 Å². The lowest BCUT2D eigenvalue weighted by molar-refractivity contribution is -0.131. The smallest absolute Gasteiger partial charge is 0.242 e. The van der Waals surface area contributed by atoms with Crippen LogP contribution in [0, 0.1) is 6.92 Å². The summed E-state index contributed by atoms with van der Waals surface area (Å²) in [7, 11) is 0. The Morgan fingerprint density at radius 3 is 2.31 bits per heavy atom. The van der Waals surface area contributed by atoms with Gasteiger partial charge in [-0.15, -0.1) is 0 Å². The van der Waals surface area contributed by atoms with Crippen LogP contribution in [0.3, 0.4) is 0 Å². The SMILES string of the molecule is CCCN(CCC)C(=O)Cn1cc(-c2ccc(Cl)cc2)c(=O)c2ccc(C)cc21. The fourth-order valence-corrected chi connectivity index (χ4v) is 3.74. The summed E-state index contributed by atoms with van der Waals surface area (Å²) in [5, 5.41) is 1.24. The monoisotopic (exact) mass is 410 g/mol. The number of hydrogen-bond acceptors (Lipinski definition) is 2. The third-order valence-corrected chi connectivity index (χ3v) is 5.29. The fraction of sp³-hybridized carbons (Fsp3) is 0.333. The van der Waals surface area contributed by atoms with Gasteiger partial charge in [-0.1, -0.05) is 43.6 Å². The predicted molar refractivity (Wildman–Crippen MR) is 121 cm³/mol. The van der Waals surface area contributed by atoms with Gasteiger partial charge in [0.15, 0.2) is 5.43 Å². The van der Waals surface area contributed by atoms with E-state index in [0.29, 0.717) is 16.0 Å². The van der Waals surface area contributed by atoms with E-state index < -0.39 is 0 Å². The molecule has 4 nitrogen and oxygen atoms in total. The summed E-state index contributed by atoms with van der Waals surface area (Å²) < 4.78 is 1.91. The molecule has 0 aliphatic rings. The number of halogens is 1. The third kappa shape index (κ3) is 4.70. The maximum atomic E-state index is 13.2. The highest BCUT2D eigenvalue weighted by molar-refractivity contribution is 6.30. The van der Waals surface area contributed by atoms with Crippen LogP contribution in [0.1, 0.15) is 32.3 Å². The number of carbonyl (C=O) groups is 1. The summed E-state index contributed by atoms with van der Waals surface area (Å²) in [4.78, 5) is 28.1. The van der Waals surface area contributed by atoms with E-state index in [-0.39, 0.29) is 17.9 Å². The highest BCUT2D eigenvalue weighted by Gasteiger charge is 2.16. The first-order valence-electron chi connectivity index (χ1n) is 10.1. The van der Waals surface area contributed by atoms with Gasteiger partial charge in [0.05, 0.1) is 5.52 Å². The summed E-state index contributed by atoms with van der Waals surface area (Å²) in [6.45, 7) is 7.84. The van der Waals surface area contributed by atoms with Crippen LogP contribution in [0.2, 0.25) is 5.02 Å². The molecule has 0 spiro atoms. The maximum Gasteiger partial charge on any atom is 0.242 e. The minimum Gasteiger partial charge on any atom is -0.341 e. The van der Waals surface area contributed by atoms with Crippen LogP contribution < -0.4 is 5.43 Å². The molecule has 0 bridgehead atoms. The van der Waals surface area contributed by atoms with E-state index in [0.717, 1.165) is 42.6 Å². The molecule has 0 fully saturated rings. The second kappa shape index (κ2) is 9.27. The van der Waals surface area contributed by atoms with Crippen LogP contribution >= 0.6 is 11.6 Å². The number of aryl methyl sites for hydroxylation is 1. The maximum absolute atomic E-state index is 13.2. The number of carbonyl (C=O) groups excluding carboxylic acids is 1. The standard InChI is InChI=1S/C24H27ClN2O2/c1-4-12-26(13-5-2)23(28)16-27-15-21(18-7-9-19(25)10-8-18)24(29)20-11-6-17(3)14-22(20)27/h6-11,14-15H,4-5,12-13,16H2,1-3H3. The first-order chi connectivity index (χ1) is 13.9. The Labute approximate surface area is 176 Å². The van der Waals surface area contributed by atoms with Crippen LogP contribution in [0.5, 0.6) is 0 Å². The van der Waals surface area contributed by atoms with Crippen molar-refractivity contribution >= 4 is 28.4 Å². The quantitative estimate of drug-likeness (QED) is 0.531. The molecule has 0 N–H and O–H groups in total. The molecule has 1 aromatic heterocycles. The molecule has 1 heterocycles. The highest BCUT2D eigenvalue weighted by Crippen LogP contribution is 2.23. The van der Waals surface area contributed by atoms with E-state index in [1.165, 1.54) is 0 Å². The number of hydrogen-bond donors (Lipinski definition) is 0. The van der Waals surface area contributed by atoms with Crippen molar-refractivity contribution in [2.45, 2.75) is 40.2 Å². The average Bonchev–Trinajstić information content (AvgIpc) is 2.70. The van der Waals surface area contributed by atoms with Crippen molar-refractivity contribution < 1.29 is 4.79 Å². The molecule has 0 radical (unpaired) electrons. The van der Waals surface area contributed by atoms with Crippen molar-refractivity contribution in [2.24, 2.45) is 0 Å². The molecule has 0 atom stereocenters. The Morgan fingerprint density at radius 2 is 1.69 bits per heavy atom. The van der Waals surface area contributed by atoms with E-state index in [1.54, 1.807) is 18.3 Å². The molecular weight excluding hydrogens is 384 g/mol. The van der Waals surface area contributed by atoms with E-state index >= 15 is 0 Å². The van der Waals surface area contributed by atoms with Gasteiger partial charge >= 0.3 is 0 Å². The number of benzene rings is 2.